The Labute approximate surface area is 242 Å². The summed E-state index contributed by atoms with van der Waals surface area (Å²) in [5, 5.41) is 0. The number of unbranched alkanes of at least 4 members (excludes halogenated alkanes) is 7. The molecular weight excluding hydrogens is 524 g/mol. The lowest BCUT2D eigenvalue weighted by Gasteiger charge is -2.28. The molecule has 0 aromatic heterocycles. The molecule has 0 spiro atoms. The second-order valence-corrected chi connectivity index (χ2v) is 11.2. The molecule has 1 aliphatic heterocycles. The Morgan fingerprint density at radius 1 is 0.683 bits per heavy atom. The van der Waals surface area contributed by atoms with Crippen LogP contribution in [-0.2, 0) is 11.2 Å². The van der Waals surface area contributed by atoms with Crippen molar-refractivity contribution in [2.45, 2.75) is 96.5 Å². The number of hydrogen-bond acceptors (Lipinski definition) is 1. The van der Waals surface area contributed by atoms with Gasteiger partial charge < -0.3 is 4.74 Å². The van der Waals surface area contributed by atoms with Gasteiger partial charge in [-0.2, -0.15) is 0 Å². The molecule has 1 aliphatic rings. The van der Waals surface area contributed by atoms with Crippen molar-refractivity contribution in [3.05, 3.63) is 95.1 Å². The Bertz CT molecular complexity index is 1290. The first-order valence-electron chi connectivity index (χ1n) is 15.2. The fraction of sp³-hybridized carbons (Fsp3) is 0.444. The monoisotopic (exact) mass is 566 g/mol. The van der Waals surface area contributed by atoms with Gasteiger partial charge in [0, 0.05) is 17.0 Å². The van der Waals surface area contributed by atoms with Crippen LogP contribution >= 0.6 is 0 Å². The topological polar surface area (TPSA) is 9.23 Å². The number of benzene rings is 3. The second-order valence-electron chi connectivity index (χ2n) is 11.2. The van der Waals surface area contributed by atoms with Gasteiger partial charge in [-0.05, 0) is 54.9 Å². The Morgan fingerprint density at radius 2 is 1.27 bits per heavy atom. The van der Waals surface area contributed by atoms with Crippen LogP contribution in [0.25, 0.3) is 22.3 Å². The summed E-state index contributed by atoms with van der Waals surface area (Å²) in [7, 11) is 0. The molecular formula is C36H42F4O. The van der Waals surface area contributed by atoms with E-state index < -0.39 is 23.3 Å². The van der Waals surface area contributed by atoms with Crippen molar-refractivity contribution in [3.63, 3.8) is 0 Å². The predicted molar refractivity (Wildman–Crippen MR) is 160 cm³/mol. The summed E-state index contributed by atoms with van der Waals surface area (Å²) < 4.78 is 66.0. The summed E-state index contributed by atoms with van der Waals surface area (Å²) in [5.74, 6) is -3.64. The van der Waals surface area contributed by atoms with Crippen molar-refractivity contribution >= 4 is 0 Å². The van der Waals surface area contributed by atoms with E-state index in [1.54, 1.807) is 48.5 Å². The van der Waals surface area contributed by atoms with Gasteiger partial charge in [0.25, 0.3) is 0 Å². The third kappa shape index (κ3) is 7.88. The van der Waals surface area contributed by atoms with E-state index in [-0.39, 0.29) is 23.1 Å². The third-order valence-electron chi connectivity index (χ3n) is 8.24. The number of ether oxygens (including phenoxy) is 1. The summed E-state index contributed by atoms with van der Waals surface area (Å²) in [4.78, 5) is 0. The van der Waals surface area contributed by atoms with E-state index in [9.17, 15) is 4.39 Å². The standard InChI is InChI=1S/C36H42F4O/c1-3-5-6-7-8-9-10-11-13-27-19-21-30(34(38)33(27)37)25-14-16-26(17-15-25)31-22-23-32(36(40)35(31)39)28-18-20-29(12-4-2)41-24-28/h4,12,14-17,19,21-23,28-29H,3,5-11,13,18,20,24H2,1-2H3/b12-4+. The molecule has 41 heavy (non-hydrogen) atoms. The molecule has 0 saturated carbocycles. The van der Waals surface area contributed by atoms with Gasteiger partial charge in [-0.3, -0.25) is 0 Å². The lowest BCUT2D eigenvalue weighted by atomic mass is 9.89. The largest absolute Gasteiger partial charge is 0.374 e. The van der Waals surface area contributed by atoms with Gasteiger partial charge >= 0.3 is 0 Å². The molecule has 0 aliphatic carbocycles. The van der Waals surface area contributed by atoms with E-state index in [4.69, 9.17) is 4.74 Å². The van der Waals surface area contributed by atoms with E-state index in [2.05, 4.69) is 6.92 Å². The molecule has 2 atom stereocenters. The van der Waals surface area contributed by atoms with Crippen molar-refractivity contribution in [1.29, 1.82) is 0 Å². The molecule has 1 nitrogen and oxygen atoms in total. The lowest BCUT2D eigenvalue weighted by Crippen LogP contribution is -2.24. The molecule has 4 rings (SSSR count). The van der Waals surface area contributed by atoms with Crippen molar-refractivity contribution in [2.75, 3.05) is 6.61 Å². The summed E-state index contributed by atoms with van der Waals surface area (Å²) in [6, 6.07) is 12.9. The van der Waals surface area contributed by atoms with Crippen LogP contribution in [0.3, 0.4) is 0 Å². The number of aryl methyl sites for hydroxylation is 1. The quantitative estimate of drug-likeness (QED) is 0.114. The maximum Gasteiger partial charge on any atom is 0.166 e. The predicted octanol–water partition coefficient (Wildman–Crippen LogP) is 11.1. The molecule has 0 N–H and O–H groups in total. The molecule has 1 fully saturated rings. The van der Waals surface area contributed by atoms with E-state index in [0.717, 1.165) is 32.1 Å². The fourth-order valence-electron chi connectivity index (χ4n) is 5.77. The molecule has 1 saturated heterocycles. The zero-order valence-corrected chi connectivity index (χ0v) is 24.3. The molecule has 0 amide bonds. The Morgan fingerprint density at radius 3 is 1.85 bits per heavy atom. The minimum absolute atomic E-state index is 0.0198. The summed E-state index contributed by atoms with van der Waals surface area (Å²) >= 11 is 0. The first kappa shape index (κ1) is 31.0. The van der Waals surface area contributed by atoms with Crippen LogP contribution in [0.4, 0.5) is 17.6 Å². The summed E-state index contributed by atoms with van der Waals surface area (Å²) in [6.07, 6.45) is 15.1. The minimum atomic E-state index is -0.909. The van der Waals surface area contributed by atoms with Gasteiger partial charge in [0.1, 0.15) is 0 Å². The Hall–Kier alpha value is -2.92. The molecule has 1 heterocycles. The molecule has 0 radical (unpaired) electrons. The number of hydrogen-bond donors (Lipinski definition) is 0. The number of allylic oxidation sites excluding steroid dienone is 1. The Balaban J connectivity index is 1.39. The maximum atomic E-state index is 15.2. The van der Waals surface area contributed by atoms with Crippen LogP contribution in [0.1, 0.15) is 95.1 Å². The normalized spacial score (nSPS) is 17.4. The molecule has 220 valence electrons. The van der Waals surface area contributed by atoms with E-state index in [1.165, 1.54) is 32.1 Å². The van der Waals surface area contributed by atoms with Crippen LogP contribution in [0, 0.1) is 23.3 Å². The van der Waals surface area contributed by atoms with Crippen LogP contribution in [0.2, 0.25) is 0 Å². The van der Waals surface area contributed by atoms with Crippen LogP contribution in [0.15, 0.2) is 60.7 Å². The molecule has 5 heteroatoms. The van der Waals surface area contributed by atoms with Crippen LogP contribution in [0.5, 0.6) is 0 Å². The highest BCUT2D eigenvalue weighted by molar-refractivity contribution is 5.71. The van der Waals surface area contributed by atoms with Gasteiger partial charge in [-0.1, -0.05) is 113 Å². The van der Waals surface area contributed by atoms with Crippen molar-refractivity contribution in [2.24, 2.45) is 0 Å². The zero-order chi connectivity index (χ0) is 29.2. The average Bonchev–Trinajstić information content (AvgIpc) is 2.99. The third-order valence-corrected chi connectivity index (χ3v) is 8.24. The number of rotatable bonds is 13. The SMILES string of the molecule is C/C=C/C1CCC(c2ccc(-c3ccc(-c4ccc(CCCCCCCCCC)c(F)c4F)cc3)c(F)c2F)CO1. The summed E-state index contributed by atoms with van der Waals surface area (Å²) in [5.41, 5.74) is 1.96. The Kier molecular flexibility index (Phi) is 11.6. The first-order chi connectivity index (χ1) is 19.9. The second kappa shape index (κ2) is 15.3. The van der Waals surface area contributed by atoms with Crippen molar-refractivity contribution < 1.29 is 22.3 Å². The van der Waals surface area contributed by atoms with Crippen molar-refractivity contribution in [3.8, 4) is 22.3 Å². The average molecular weight is 567 g/mol. The van der Waals surface area contributed by atoms with Gasteiger partial charge in [0.2, 0.25) is 0 Å². The number of halogens is 4. The van der Waals surface area contributed by atoms with Gasteiger partial charge in [0.15, 0.2) is 23.3 Å². The summed E-state index contributed by atoms with van der Waals surface area (Å²) in [6.45, 7) is 4.48. The lowest BCUT2D eigenvalue weighted by molar-refractivity contribution is 0.0317. The van der Waals surface area contributed by atoms with E-state index >= 15 is 13.2 Å². The van der Waals surface area contributed by atoms with E-state index in [1.807, 2.05) is 19.1 Å². The highest BCUT2D eigenvalue weighted by atomic mass is 19.2. The van der Waals surface area contributed by atoms with Crippen molar-refractivity contribution in [1.82, 2.24) is 0 Å². The minimum Gasteiger partial charge on any atom is -0.374 e. The van der Waals surface area contributed by atoms with Crippen LogP contribution < -0.4 is 0 Å². The highest BCUT2D eigenvalue weighted by Crippen LogP contribution is 2.35. The maximum absolute atomic E-state index is 15.2. The van der Waals surface area contributed by atoms with E-state index in [0.29, 0.717) is 35.3 Å². The highest BCUT2D eigenvalue weighted by Gasteiger charge is 2.26. The zero-order valence-electron chi connectivity index (χ0n) is 24.3. The smallest absolute Gasteiger partial charge is 0.166 e. The molecule has 3 aromatic rings. The van der Waals surface area contributed by atoms with Gasteiger partial charge in [0.05, 0.1) is 12.7 Å². The molecule has 3 aromatic carbocycles. The van der Waals surface area contributed by atoms with Gasteiger partial charge in [-0.25, -0.2) is 17.6 Å². The van der Waals surface area contributed by atoms with Crippen LogP contribution in [-0.4, -0.2) is 12.7 Å². The van der Waals surface area contributed by atoms with Gasteiger partial charge in [-0.15, -0.1) is 0 Å². The molecule has 0 bridgehead atoms. The fourth-order valence-corrected chi connectivity index (χ4v) is 5.77. The molecule has 2 unspecified atom stereocenters. The first-order valence-corrected chi connectivity index (χ1v) is 15.2.